The molecule has 0 atom stereocenters. The molecule has 2 heterocycles. The van der Waals surface area contributed by atoms with Crippen molar-refractivity contribution in [1.29, 1.82) is 0 Å². The Kier molecular flexibility index (Phi) is 4.18. The minimum atomic E-state index is 0.901. The molecule has 3 aromatic rings. The number of ether oxygens (including phenoxy) is 1. The second-order valence-electron chi connectivity index (χ2n) is 6.50. The molecule has 1 aliphatic heterocycles. The summed E-state index contributed by atoms with van der Waals surface area (Å²) in [5.74, 6) is 2.07. The number of methoxy groups -OCH3 is 1. The van der Waals surface area contributed by atoms with E-state index in [1.54, 1.807) is 7.11 Å². The molecule has 25 heavy (non-hydrogen) atoms. The van der Waals surface area contributed by atoms with Gasteiger partial charge in [-0.15, -0.1) is 0 Å². The molecule has 0 aliphatic carbocycles. The Morgan fingerprint density at radius 2 is 1.88 bits per heavy atom. The van der Waals surface area contributed by atoms with Crippen LogP contribution >= 0.6 is 0 Å². The number of hydrogen-bond acceptors (Lipinski definition) is 3. The van der Waals surface area contributed by atoms with Gasteiger partial charge in [0.25, 0.3) is 0 Å². The van der Waals surface area contributed by atoms with E-state index < -0.39 is 0 Å². The third-order valence-corrected chi connectivity index (χ3v) is 4.89. The van der Waals surface area contributed by atoms with E-state index >= 15 is 0 Å². The van der Waals surface area contributed by atoms with E-state index in [0.717, 1.165) is 37.2 Å². The molecule has 0 bridgehead atoms. The molecular formula is C21H23N3O. The fourth-order valence-electron chi connectivity index (χ4n) is 3.48. The molecule has 0 spiro atoms. The molecule has 0 fully saturated rings. The fraction of sp³-hybridized carbons (Fsp3) is 0.286. The van der Waals surface area contributed by atoms with Crippen molar-refractivity contribution in [3.8, 4) is 11.4 Å². The van der Waals surface area contributed by atoms with Gasteiger partial charge in [0, 0.05) is 12.1 Å². The maximum atomic E-state index is 5.23. The summed E-state index contributed by atoms with van der Waals surface area (Å²) in [7, 11) is 1.70. The second-order valence-corrected chi connectivity index (χ2v) is 6.50. The Hall–Kier alpha value is -2.75. The second kappa shape index (κ2) is 6.63. The topological polar surface area (TPSA) is 39.1 Å². The Morgan fingerprint density at radius 3 is 2.64 bits per heavy atom. The first-order valence-corrected chi connectivity index (χ1v) is 8.80. The molecule has 4 nitrogen and oxygen atoms in total. The molecule has 1 aromatic heterocycles. The van der Waals surface area contributed by atoms with Gasteiger partial charge in [-0.2, -0.15) is 5.10 Å². The largest absolute Gasteiger partial charge is 0.497 e. The van der Waals surface area contributed by atoms with Crippen LogP contribution in [-0.2, 0) is 19.3 Å². The molecule has 1 aliphatic rings. The average Bonchev–Trinajstić information content (AvgIpc) is 3.24. The van der Waals surface area contributed by atoms with Gasteiger partial charge in [-0.3, -0.25) is 0 Å². The van der Waals surface area contributed by atoms with Crippen molar-refractivity contribution in [2.24, 2.45) is 0 Å². The van der Waals surface area contributed by atoms with Crippen molar-refractivity contribution in [3.63, 3.8) is 0 Å². The number of fused-ring (bicyclic) bond motifs is 1. The van der Waals surface area contributed by atoms with Crippen LogP contribution in [0.1, 0.15) is 22.4 Å². The summed E-state index contributed by atoms with van der Waals surface area (Å²) in [4.78, 5) is 0. The Morgan fingerprint density at radius 1 is 1.08 bits per heavy atom. The third kappa shape index (κ3) is 3.00. The number of para-hydroxylation sites is 1. The van der Waals surface area contributed by atoms with Gasteiger partial charge in [-0.05, 0) is 55.5 Å². The molecule has 4 rings (SSSR count). The van der Waals surface area contributed by atoms with Crippen LogP contribution in [-0.4, -0.2) is 23.4 Å². The Labute approximate surface area is 148 Å². The highest BCUT2D eigenvalue weighted by Crippen LogP contribution is 2.30. The normalized spacial score (nSPS) is 12.7. The standard InChI is InChI=1S/C21H23N3O/c1-15-5-3-4-6-20(15)24-21-18(13-14-22-21)19(23-24)12-9-16-7-10-17(25-2)11-8-16/h3-8,10-11,22H,9,12-14H2,1-2H3. The maximum Gasteiger partial charge on any atom is 0.133 e. The average molecular weight is 333 g/mol. The van der Waals surface area contributed by atoms with E-state index in [4.69, 9.17) is 9.84 Å². The smallest absolute Gasteiger partial charge is 0.133 e. The minimum absolute atomic E-state index is 0.901. The van der Waals surface area contributed by atoms with E-state index in [9.17, 15) is 0 Å². The van der Waals surface area contributed by atoms with E-state index in [1.165, 1.54) is 28.2 Å². The van der Waals surface area contributed by atoms with Crippen molar-refractivity contribution >= 4 is 5.82 Å². The molecule has 2 aromatic carbocycles. The van der Waals surface area contributed by atoms with E-state index in [-0.39, 0.29) is 0 Å². The first-order valence-electron chi connectivity index (χ1n) is 8.80. The number of benzene rings is 2. The summed E-state index contributed by atoms with van der Waals surface area (Å²) >= 11 is 0. The number of rotatable bonds is 5. The summed E-state index contributed by atoms with van der Waals surface area (Å²) < 4.78 is 7.32. The zero-order valence-corrected chi connectivity index (χ0v) is 14.7. The van der Waals surface area contributed by atoms with E-state index in [2.05, 4.69) is 53.3 Å². The summed E-state index contributed by atoms with van der Waals surface area (Å²) in [5.41, 5.74) is 6.29. The molecule has 0 radical (unpaired) electrons. The third-order valence-electron chi connectivity index (χ3n) is 4.89. The quantitative estimate of drug-likeness (QED) is 0.768. The van der Waals surface area contributed by atoms with Gasteiger partial charge in [0.1, 0.15) is 11.6 Å². The highest BCUT2D eigenvalue weighted by Gasteiger charge is 2.23. The lowest BCUT2D eigenvalue weighted by Crippen LogP contribution is -2.06. The SMILES string of the molecule is COc1ccc(CCc2nn(-c3ccccc3C)c3c2CCN3)cc1. The van der Waals surface area contributed by atoms with Gasteiger partial charge in [-0.25, -0.2) is 4.68 Å². The minimum Gasteiger partial charge on any atom is -0.497 e. The molecular weight excluding hydrogens is 310 g/mol. The van der Waals surface area contributed by atoms with Crippen LogP contribution in [0.3, 0.4) is 0 Å². The maximum absolute atomic E-state index is 5.23. The van der Waals surface area contributed by atoms with Gasteiger partial charge in [0.2, 0.25) is 0 Å². The van der Waals surface area contributed by atoms with Crippen LogP contribution in [0.2, 0.25) is 0 Å². The van der Waals surface area contributed by atoms with Gasteiger partial charge >= 0.3 is 0 Å². The van der Waals surface area contributed by atoms with Crippen molar-refractivity contribution in [3.05, 3.63) is 70.9 Å². The van der Waals surface area contributed by atoms with Crippen LogP contribution < -0.4 is 10.1 Å². The molecule has 128 valence electrons. The highest BCUT2D eigenvalue weighted by atomic mass is 16.5. The monoisotopic (exact) mass is 333 g/mol. The number of nitrogens with one attached hydrogen (secondary N) is 1. The summed E-state index contributed by atoms with van der Waals surface area (Å²) in [5, 5.41) is 8.45. The van der Waals surface area contributed by atoms with Crippen LogP contribution in [0.5, 0.6) is 5.75 Å². The summed E-state index contributed by atoms with van der Waals surface area (Å²) in [6, 6.07) is 16.7. The number of anilines is 1. The molecule has 1 N–H and O–H groups in total. The fourth-order valence-corrected chi connectivity index (χ4v) is 3.48. The van der Waals surface area contributed by atoms with Crippen molar-refractivity contribution in [2.45, 2.75) is 26.2 Å². The number of aryl methyl sites for hydroxylation is 3. The first-order chi connectivity index (χ1) is 12.3. The zero-order valence-electron chi connectivity index (χ0n) is 14.7. The lowest BCUT2D eigenvalue weighted by molar-refractivity contribution is 0.414. The van der Waals surface area contributed by atoms with Gasteiger partial charge in [0.05, 0.1) is 18.5 Å². The number of hydrogen-bond donors (Lipinski definition) is 1. The summed E-state index contributed by atoms with van der Waals surface area (Å²) in [6.45, 7) is 3.13. The summed E-state index contributed by atoms with van der Waals surface area (Å²) in [6.07, 6.45) is 3.00. The van der Waals surface area contributed by atoms with Crippen molar-refractivity contribution < 1.29 is 4.74 Å². The van der Waals surface area contributed by atoms with E-state index in [1.807, 2.05) is 12.1 Å². The lowest BCUT2D eigenvalue weighted by atomic mass is 10.1. The molecule has 0 saturated heterocycles. The molecule has 4 heteroatoms. The predicted octanol–water partition coefficient (Wildman–Crippen LogP) is 3.94. The molecule has 0 saturated carbocycles. The first kappa shape index (κ1) is 15.8. The van der Waals surface area contributed by atoms with Crippen LogP contribution in [0, 0.1) is 6.92 Å². The molecule has 0 unspecified atom stereocenters. The zero-order chi connectivity index (χ0) is 17.2. The highest BCUT2D eigenvalue weighted by molar-refractivity contribution is 5.58. The van der Waals surface area contributed by atoms with Crippen LogP contribution in [0.4, 0.5) is 5.82 Å². The Balaban J connectivity index is 1.60. The predicted molar refractivity (Wildman–Crippen MR) is 101 cm³/mol. The van der Waals surface area contributed by atoms with Crippen LogP contribution in [0.25, 0.3) is 5.69 Å². The molecule has 0 amide bonds. The van der Waals surface area contributed by atoms with Gasteiger partial charge < -0.3 is 10.1 Å². The lowest BCUT2D eigenvalue weighted by Gasteiger charge is -2.09. The number of nitrogens with zero attached hydrogens (tertiary/aromatic N) is 2. The van der Waals surface area contributed by atoms with Crippen LogP contribution in [0.15, 0.2) is 48.5 Å². The van der Waals surface area contributed by atoms with E-state index in [0.29, 0.717) is 0 Å². The van der Waals surface area contributed by atoms with Crippen molar-refractivity contribution in [2.75, 3.05) is 19.0 Å². The Bertz CT molecular complexity index is 881. The van der Waals surface area contributed by atoms with Gasteiger partial charge in [-0.1, -0.05) is 30.3 Å². The van der Waals surface area contributed by atoms with Gasteiger partial charge in [0.15, 0.2) is 0 Å². The number of aromatic nitrogens is 2. The van der Waals surface area contributed by atoms with Crippen molar-refractivity contribution in [1.82, 2.24) is 9.78 Å².